The van der Waals surface area contributed by atoms with Gasteiger partial charge in [-0.3, -0.25) is 0 Å². The summed E-state index contributed by atoms with van der Waals surface area (Å²) in [6, 6.07) is 34.3. The van der Waals surface area contributed by atoms with Gasteiger partial charge in [0.25, 0.3) is 0 Å². The Hall–Kier alpha value is 20.0. The monoisotopic (exact) mass is 3710 g/mol. The first-order valence-electron chi connectivity index (χ1n) is 26.1. The molecule has 131 heavy (non-hydrogen) atoms. The molecule has 0 heterocycles. The van der Waals surface area contributed by atoms with Gasteiger partial charge in [-0.1, -0.05) is 72.8 Å². The van der Waals surface area contributed by atoms with Gasteiger partial charge in [-0.05, 0) is 56.6 Å². The number of hydrogen-bond acceptors (Lipinski definition) is 3. The van der Waals surface area contributed by atoms with Crippen LogP contribution in [0.4, 0.5) is 11.4 Å². The fourth-order valence-electron chi connectivity index (χ4n) is 4.83. The normalized spacial score (nSPS) is 8.52. The Balaban J connectivity index is 0.00000120. The zero-order valence-electron chi connectivity index (χ0n) is 57.0. The number of benzene rings is 5. The van der Waals surface area contributed by atoms with Gasteiger partial charge in [0.15, 0.2) is 0 Å². The molecule has 0 radical (unpaired) electrons. The van der Waals surface area contributed by atoms with Crippen LogP contribution < -0.4 is 5.32 Å². The Kier molecular flexibility index (Phi) is 134. The van der Waals surface area contributed by atoms with Crippen molar-refractivity contribution in [2.24, 2.45) is 0 Å². The largest absolute Gasteiger partial charge is 0.356 e. The van der Waals surface area contributed by atoms with Crippen molar-refractivity contribution in [1.29, 1.82) is 0 Å². The van der Waals surface area contributed by atoms with E-state index in [1.54, 1.807) is 107 Å². The minimum absolute atomic E-state index is 1.10. The molecule has 0 bridgehead atoms. The number of hydrogen-bond donors (Lipinski definition) is 1. The van der Waals surface area contributed by atoms with Crippen LogP contribution in [0.3, 0.4) is 0 Å². The van der Waals surface area contributed by atoms with Crippen LogP contribution in [0.15, 0.2) is 97.1 Å². The molecule has 107 heteroatoms. The molecule has 0 saturated heterocycles. The van der Waals surface area contributed by atoms with Gasteiger partial charge >= 0.3 is 0 Å². The third-order valence-corrected chi connectivity index (χ3v) is 237. The number of para-hydroxylation sites is 1. The van der Waals surface area contributed by atoms with Crippen LogP contribution >= 0.6 is 0 Å². The van der Waals surface area contributed by atoms with E-state index in [2.05, 4.69) is 84.2 Å². The smallest absolute Gasteiger partial charge is 0.0390 e. The van der Waals surface area contributed by atoms with E-state index in [-0.39, 0.29) is 0 Å². The van der Waals surface area contributed by atoms with Gasteiger partial charge in [0.2, 0.25) is 0 Å². The van der Waals surface area contributed by atoms with Crippen molar-refractivity contribution in [3.05, 3.63) is 97.1 Å². The highest BCUT2D eigenvalue weighted by molar-refractivity contribution is 8.88. The minimum Gasteiger partial charge on any atom is -0.356 e. The van der Waals surface area contributed by atoms with E-state index < -0.39 is 0 Å². The molecule has 5 aromatic carbocycles. The lowest BCUT2D eigenvalue weighted by atomic mass is 9.94. The standard InChI is InChI=1S/C24H17N.S106/c1-2-8-17(9-3-1)25-18-14-15-23-21-12-5-4-10-19(21)20-11-6-7-13-22(20)24(23)16-18;1-3-5-7-9-11-13-15-17-19-21-23-25-27-29-31-33-35-37-39-41-43-45-47-49-51-53-55-57-59-61-63-65-67-69-71-73-75-77-79-81-83-85-87-89-91-93-95-97-99-101-103-105-106-104-102-100-98-96-94-92-90-88-86-84-82-80-78-76-74-72-70-68-66-64-62-60-58-56-54-52-50-48-46-44-42-40-38-36-34-32-30-28-26-24-22-20-18-16-14-12-10-8-6-4-2/h1-16,25H;. The summed E-state index contributed by atoms with van der Waals surface area (Å²) in [5, 5.41) is 11.3. The predicted octanol–water partition coefficient (Wildman–Crippen LogP) is 6.64. The van der Waals surface area contributed by atoms with Crippen LogP contribution in [0.2, 0.25) is 0 Å². The molecule has 1 nitrogen and oxygen atoms in total. The summed E-state index contributed by atoms with van der Waals surface area (Å²) in [6.45, 7) is 0. The van der Waals surface area contributed by atoms with Crippen LogP contribution in [0.1, 0.15) is 0 Å². The Labute approximate surface area is 1060 Å². The van der Waals surface area contributed by atoms with E-state index in [4.69, 9.17) is 22.4 Å². The Morgan fingerprint density at radius 1 is 0.107 bits per heavy atom. The number of fused-ring (bicyclic) bond motifs is 6. The molecule has 0 saturated carbocycles. The molecule has 0 spiro atoms. The summed E-state index contributed by atoms with van der Waals surface area (Å²) < 4.78 is 0. The molecule has 0 amide bonds. The molecule has 0 unspecified atom stereocenters. The lowest BCUT2D eigenvalue weighted by Crippen LogP contribution is -1.90. The molecule has 0 aliphatic heterocycles. The topological polar surface area (TPSA) is 12.0 Å². The second-order valence-corrected chi connectivity index (χ2v) is 197. The third-order valence-electron chi connectivity index (χ3n) is 7.67. The third kappa shape index (κ3) is 99.2. The van der Waals surface area contributed by atoms with Gasteiger partial charge in [-0.25, -0.2) is 0 Å². The van der Waals surface area contributed by atoms with Crippen LogP contribution in [0, 0.1) is 0 Å². The molecule has 0 aromatic heterocycles. The van der Waals surface area contributed by atoms with Gasteiger partial charge in [-0.15, -0.1) is 0 Å². The molecule has 0 aliphatic carbocycles. The second-order valence-electron chi connectivity index (χ2n) is 13.4. The first-order valence-corrected chi connectivity index (χ1v) is 166. The van der Waals surface area contributed by atoms with Gasteiger partial charge in [0, 0.05) is 957 Å². The van der Waals surface area contributed by atoms with Crippen molar-refractivity contribution in [3.8, 4) is 0 Å². The lowest BCUT2D eigenvalue weighted by Gasteiger charge is -2.12. The molecule has 0 fully saturated rings. The molecule has 5 rings (SSSR count). The Morgan fingerprint density at radius 2 is 0.221 bits per heavy atom. The van der Waals surface area contributed by atoms with E-state index in [0.29, 0.717) is 0 Å². The maximum Gasteiger partial charge on any atom is 0.0390 e. The second kappa shape index (κ2) is 122. The summed E-state index contributed by atoms with van der Waals surface area (Å²) in [7, 11) is 188. The zero-order valence-corrected chi connectivity index (χ0v) is 144. The first kappa shape index (κ1) is 143. The van der Waals surface area contributed by atoms with Gasteiger partial charge < -0.3 is 5.32 Å². The highest BCUT2D eigenvalue weighted by Gasteiger charge is 2.08. The van der Waals surface area contributed by atoms with Crippen molar-refractivity contribution < 1.29 is 0 Å². The molecule has 5 aromatic rings. The van der Waals surface area contributed by atoms with Crippen LogP contribution in [-0.2, 0) is 946 Å². The zero-order chi connectivity index (χ0) is 92.2. The molecule has 0 aliphatic rings. The molecular formula is C24H17NS106. The summed E-state index contributed by atoms with van der Waals surface area (Å²) in [4.78, 5) is 0. The summed E-state index contributed by atoms with van der Waals surface area (Å²) >= 11 is 9.66. The van der Waals surface area contributed by atoms with E-state index in [9.17, 15) is 0 Å². The summed E-state index contributed by atoms with van der Waals surface area (Å²) in [5.74, 6) is 0. The van der Waals surface area contributed by atoms with Gasteiger partial charge in [0.05, 0.1) is 0 Å². The molecular weight excluding hydrogens is 3700 g/mol. The summed E-state index contributed by atoms with van der Waals surface area (Å²) in [5.41, 5.74) is 2.21. The molecule has 0 atom stereocenters. The quantitative estimate of drug-likeness (QED) is 0.200. The van der Waals surface area contributed by atoms with E-state index in [1.165, 1.54) is 50.1 Å². The Morgan fingerprint density at radius 3 is 0.359 bits per heavy atom. The van der Waals surface area contributed by atoms with Crippen molar-refractivity contribution in [2.45, 2.75) is 0 Å². The molecule has 1 N–H and O–H groups in total. The van der Waals surface area contributed by atoms with Gasteiger partial charge in [0.1, 0.15) is 0 Å². The lowest BCUT2D eigenvalue weighted by molar-refractivity contribution is 1.57. The summed E-state index contributed by atoms with van der Waals surface area (Å²) in [6.07, 6.45) is 0. The van der Waals surface area contributed by atoms with Crippen molar-refractivity contribution >= 4 is 990 Å². The maximum absolute atomic E-state index is 4.83. The van der Waals surface area contributed by atoms with Crippen molar-refractivity contribution in [3.63, 3.8) is 0 Å². The van der Waals surface area contributed by atoms with Crippen molar-refractivity contribution in [1.82, 2.24) is 0 Å². The maximum atomic E-state index is 4.83. The fourth-order valence-corrected chi connectivity index (χ4v) is 285. The number of nitrogens with one attached hydrogen (secondary N) is 1. The van der Waals surface area contributed by atoms with E-state index >= 15 is 0 Å². The van der Waals surface area contributed by atoms with Crippen LogP contribution in [-0.4, -0.2) is 0 Å². The first-order chi connectivity index (χ1) is 65.3. The SMILES string of the molecule is S=S=S=S=S=S=S=S=S=S=S=S=S=S=S=S=S=S=S=S=S=S=S=S=S=S=S=S=S=S=S=S=S=S=S=S=S=S=S=S=S=S=S=S=S=S=S=S=S=S=S=S=S=S=S=S=S=S=S=S=S=S=S=S=S=S=S=S=S=S=S=S=S=S=S=S=S=S=S=S=S=S=S=S=S=S=S=S=S=S=S=S=S=S=S=S=S=S=S=S=S=S=S=S=S=S.c1ccc(Nc2ccc3c4ccccc4c4ccccc4c3c2)cc1. The van der Waals surface area contributed by atoms with E-state index in [1.807, 2.05) is 817 Å². The average molecular weight is 3720 g/mol. The highest BCUT2D eigenvalue weighted by Crippen LogP contribution is 2.36. The highest BCUT2D eigenvalue weighted by atomic mass is 33.6. The van der Waals surface area contributed by atoms with Crippen LogP contribution in [0.25, 0.3) is 32.3 Å². The average Bonchev–Trinajstić information content (AvgIpc) is 0.746. The fraction of sp³-hybridized carbons (Fsp3) is 0. The van der Waals surface area contributed by atoms with E-state index in [0.717, 1.165) is 11.4 Å². The number of anilines is 2. The minimum atomic E-state index is 1.10. The van der Waals surface area contributed by atoms with Crippen LogP contribution in [0.5, 0.6) is 0 Å². The number of rotatable bonds is 2. The Bertz CT molecular complexity index is 10000. The van der Waals surface area contributed by atoms with Gasteiger partial charge in [-0.2, -0.15) is 0 Å². The molecule has 754 valence electrons. The van der Waals surface area contributed by atoms with Crippen molar-refractivity contribution in [2.75, 3.05) is 5.32 Å². The predicted molar refractivity (Wildman–Crippen MR) is 889 cm³/mol.